The first-order chi connectivity index (χ1) is 11.4. The number of nitrogens with one attached hydrogen (secondary N) is 2. The maximum atomic E-state index is 12.7. The Balaban J connectivity index is 1.77. The third-order valence-corrected chi connectivity index (χ3v) is 5.28. The first kappa shape index (κ1) is 18.2. The predicted molar refractivity (Wildman–Crippen MR) is 85.9 cm³/mol. The van der Waals surface area contributed by atoms with Gasteiger partial charge in [0.2, 0.25) is 15.4 Å². The fourth-order valence-electron chi connectivity index (χ4n) is 1.58. The number of sulfonamides is 1. The van der Waals surface area contributed by atoms with E-state index in [1.54, 1.807) is 0 Å². The maximum Gasteiger partial charge on any atom is 0.269 e. The van der Waals surface area contributed by atoms with Gasteiger partial charge in [-0.1, -0.05) is 11.3 Å². The smallest absolute Gasteiger partial charge is 0.269 e. The minimum atomic E-state index is -3.79. The van der Waals surface area contributed by atoms with Crippen molar-refractivity contribution < 1.29 is 22.3 Å². The van der Waals surface area contributed by atoms with Crippen molar-refractivity contribution in [2.24, 2.45) is 0 Å². The number of carbonyl (C=O) groups is 1. The molecule has 0 radical (unpaired) electrons. The van der Waals surface area contributed by atoms with Crippen LogP contribution in [0.15, 0.2) is 28.6 Å². The molecule has 1 heterocycles. The molecular weight excluding hydrogens is 359 g/mol. The topological polar surface area (TPSA) is 110 Å². The highest BCUT2D eigenvalue weighted by atomic mass is 32.2. The molecule has 24 heavy (non-hydrogen) atoms. The van der Waals surface area contributed by atoms with Gasteiger partial charge in [-0.05, 0) is 30.7 Å². The number of halogens is 1. The fraction of sp³-hybridized carbons (Fsp3) is 0.308. The molecule has 8 nitrogen and oxygen atoms in total. The monoisotopic (exact) mass is 374 g/mol. The lowest BCUT2D eigenvalue weighted by molar-refractivity contribution is -0.114. The summed E-state index contributed by atoms with van der Waals surface area (Å²) in [6.07, 6.45) is 0.411. The van der Waals surface area contributed by atoms with Crippen molar-refractivity contribution in [2.75, 3.05) is 18.5 Å². The van der Waals surface area contributed by atoms with Crippen LogP contribution in [0.3, 0.4) is 0 Å². The third kappa shape index (κ3) is 5.51. The zero-order valence-corrected chi connectivity index (χ0v) is 14.3. The van der Waals surface area contributed by atoms with Crippen LogP contribution in [-0.4, -0.2) is 37.7 Å². The molecule has 130 valence electrons. The van der Waals surface area contributed by atoms with Crippen molar-refractivity contribution in [2.45, 2.75) is 17.7 Å². The van der Waals surface area contributed by atoms with Crippen molar-refractivity contribution in [3.63, 3.8) is 0 Å². The van der Waals surface area contributed by atoms with Crippen LogP contribution in [-0.2, 0) is 14.8 Å². The summed E-state index contributed by atoms with van der Waals surface area (Å²) in [5, 5.41) is 9.58. The lowest BCUT2D eigenvalue weighted by atomic mass is 10.3. The molecule has 2 aromatic rings. The number of anilines is 1. The van der Waals surface area contributed by atoms with E-state index in [4.69, 9.17) is 4.74 Å². The SMILES string of the molecule is CC(=O)Nc1nnc(S(=O)(=O)NCCCOc2ccc(F)cc2)s1. The summed E-state index contributed by atoms with van der Waals surface area (Å²) in [6, 6.07) is 5.54. The molecule has 1 aromatic carbocycles. The van der Waals surface area contributed by atoms with Gasteiger partial charge in [0.15, 0.2) is 0 Å². The average molecular weight is 374 g/mol. The van der Waals surface area contributed by atoms with Gasteiger partial charge in [0.05, 0.1) is 6.61 Å². The number of hydrogen-bond acceptors (Lipinski definition) is 7. The van der Waals surface area contributed by atoms with Crippen LogP contribution in [0.1, 0.15) is 13.3 Å². The van der Waals surface area contributed by atoms with Gasteiger partial charge in [-0.3, -0.25) is 4.79 Å². The van der Waals surface area contributed by atoms with Gasteiger partial charge in [-0.25, -0.2) is 17.5 Å². The Kier molecular flexibility index (Phi) is 6.17. The summed E-state index contributed by atoms with van der Waals surface area (Å²) in [4.78, 5) is 10.9. The molecule has 0 atom stereocenters. The molecule has 0 aliphatic carbocycles. The van der Waals surface area contributed by atoms with Crippen LogP contribution in [0.5, 0.6) is 5.75 Å². The Morgan fingerprint density at radius 1 is 1.29 bits per heavy atom. The number of aromatic nitrogens is 2. The number of benzene rings is 1. The van der Waals surface area contributed by atoms with E-state index in [-0.39, 0.29) is 34.3 Å². The highest BCUT2D eigenvalue weighted by Crippen LogP contribution is 2.19. The predicted octanol–water partition coefficient (Wildman–Crippen LogP) is 1.38. The van der Waals surface area contributed by atoms with E-state index >= 15 is 0 Å². The summed E-state index contributed by atoms with van der Waals surface area (Å²) in [7, 11) is -3.79. The van der Waals surface area contributed by atoms with Crippen LogP contribution in [0.25, 0.3) is 0 Å². The van der Waals surface area contributed by atoms with E-state index in [0.717, 1.165) is 11.3 Å². The molecule has 0 saturated heterocycles. The van der Waals surface area contributed by atoms with Gasteiger partial charge in [-0.15, -0.1) is 10.2 Å². The summed E-state index contributed by atoms with van der Waals surface area (Å²) in [5.74, 6) is -0.213. The summed E-state index contributed by atoms with van der Waals surface area (Å²) in [5.41, 5.74) is 0. The standard InChI is InChI=1S/C13H15FN4O4S2/c1-9(19)16-12-17-18-13(23-12)24(20,21)15-7-2-8-22-11-5-3-10(14)4-6-11/h3-6,15H,2,7-8H2,1H3,(H,16,17,19). The summed E-state index contributed by atoms with van der Waals surface area (Å²) < 4.78 is 44.2. The number of carbonyl (C=O) groups excluding carboxylic acids is 1. The van der Waals surface area contributed by atoms with E-state index in [1.165, 1.54) is 31.2 Å². The zero-order valence-electron chi connectivity index (χ0n) is 12.7. The Morgan fingerprint density at radius 3 is 2.67 bits per heavy atom. The van der Waals surface area contributed by atoms with Crippen LogP contribution in [0, 0.1) is 5.82 Å². The minimum Gasteiger partial charge on any atom is -0.494 e. The highest BCUT2D eigenvalue weighted by molar-refractivity contribution is 7.91. The number of amides is 1. The van der Waals surface area contributed by atoms with Crippen molar-refractivity contribution in [1.82, 2.24) is 14.9 Å². The second-order valence-corrected chi connectivity index (χ2v) is 7.53. The highest BCUT2D eigenvalue weighted by Gasteiger charge is 2.19. The first-order valence-electron chi connectivity index (χ1n) is 6.86. The molecule has 2 rings (SSSR count). The van der Waals surface area contributed by atoms with Crippen molar-refractivity contribution in [1.29, 1.82) is 0 Å². The van der Waals surface area contributed by atoms with Crippen LogP contribution < -0.4 is 14.8 Å². The Hall–Kier alpha value is -2.11. The van der Waals surface area contributed by atoms with Gasteiger partial charge in [0.1, 0.15) is 11.6 Å². The number of hydrogen-bond donors (Lipinski definition) is 2. The van der Waals surface area contributed by atoms with Gasteiger partial charge in [0.25, 0.3) is 10.0 Å². The average Bonchev–Trinajstić information content (AvgIpc) is 2.97. The molecular formula is C13H15FN4O4S2. The molecule has 2 N–H and O–H groups in total. The first-order valence-corrected chi connectivity index (χ1v) is 9.16. The molecule has 0 unspecified atom stereocenters. The normalized spacial score (nSPS) is 11.2. The molecule has 0 aliphatic rings. The van der Waals surface area contributed by atoms with Crippen LogP contribution in [0.4, 0.5) is 9.52 Å². The lowest BCUT2D eigenvalue weighted by Gasteiger charge is -2.06. The van der Waals surface area contributed by atoms with Gasteiger partial charge in [-0.2, -0.15) is 0 Å². The number of ether oxygens (including phenoxy) is 1. The molecule has 1 aromatic heterocycles. The molecule has 0 saturated carbocycles. The van der Waals surface area contributed by atoms with Crippen molar-refractivity contribution >= 4 is 32.4 Å². The van der Waals surface area contributed by atoms with Crippen LogP contribution >= 0.6 is 11.3 Å². The van der Waals surface area contributed by atoms with Gasteiger partial charge in [0, 0.05) is 13.5 Å². The van der Waals surface area contributed by atoms with Crippen molar-refractivity contribution in [3.05, 3.63) is 30.1 Å². The van der Waals surface area contributed by atoms with Gasteiger partial charge < -0.3 is 10.1 Å². The Bertz CT molecular complexity index is 793. The van der Waals surface area contributed by atoms with E-state index in [2.05, 4.69) is 20.2 Å². The maximum absolute atomic E-state index is 12.7. The molecule has 11 heteroatoms. The number of nitrogens with zero attached hydrogens (tertiary/aromatic N) is 2. The molecule has 0 fully saturated rings. The second kappa shape index (κ2) is 8.13. The van der Waals surface area contributed by atoms with Crippen LogP contribution in [0.2, 0.25) is 0 Å². The molecule has 1 amide bonds. The summed E-state index contributed by atoms with van der Waals surface area (Å²) >= 11 is 0.759. The lowest BCUT2D eigenvalue weighted by Crippen LogP contribution is -2.25. The zero-order chi connectivity index (χ0) is 17.6. The van der Waals surface area contributed by atoms with E-state index < -0.39 is 10.0 Å². The molecule has 0 spiro atoms. The molecule has 0 bridgehead atoms. The van der Waals surface area contributed by atoms with E-state index in [9.17, 15) is 17.6 Å². The molecule has 0 aliphatic heterocycles. The largest absolute Gasteiger partial charge is 0.494 e. The summed E-state index contributed by atoms with van der Waals surface area (Å²) in [6.45, 7) is 1.69. The van der Waals surface area contributed by atoms with E-state index in [1.807, 2.05) is 0 Å². The number of rotatable bonds is 8. The Labute approximate surface area is 142 Å². The minimum absolute atomic E-state index is 0.113. The quantitative estimate of drug-likeness (QED) is 0.534. The second-order valence-electron chi connectivity index (χ2n) is 4.61. The fourth-order valence-corrected chi connectivity index (χ4v) is 3.64. The Morgan fingerprint density at radius 2 is 2.00 bits per heavy atom. The van der Waals surface area contributed by atoms with E-state index in [0.29, 0.717) is 12.2 Å². The van der Waals surface area contributed by atoms with Gasteiger partial charge >= 0.3 is 0 Å². The third-order valence-electron chi connectivity index (χ3n) is 2.61. The van der Waals surface area contributed by atoms with Crippen molar-refractivity contribution in [3.8, 4) is 5.75 Å².